The lowest BCUT2D eigenvalue weighted by Gasteiger charge is -2.27. The number of hydrogen-bond donors (Lipinski definition) is 2. The van der Waals surface area contributed by atoms with Gasteiger partial charge >= 0.3 is 0 Å². The van der Waals surface area contributed by atoms with Gasteiger partial charge in [-0.15, -0.1) is 0 Å². The molecule has 0 amide bonds. The highest BCUT2D eigenvalue weighted by molar-refractivity contribution is 14.1. The smallest absolute Gasteiger partial charge is 0.184 e. The Hall–Kier alpha value is -1.71. The van der Waals surface area contributed by atoms with E-state index in [1.54, 1.807) is 11.3 Å². The minimum absolute atomic E-state index is 0.120. The predicted molar refractivity (Wildman–Crippen MR) is 122 cm³/mol. The van der Waals surface area contributed by atoms with E-state index >= 15 is 0 Å². The van der Waals surface area contributed by atoms with E-state index in [1.807, 2.05) is 6.20 Å². The number of aromatic nitrogens is 3. The Bertz CT molecular complexity index is 1140. The summed E-state index contributed by atoms with van der Waals surface area (Å²) in [7, 11) is 0. The summed E-state index contributed by atoms with van der Waals surface area (Å²) in [4.78, 5) is 9.25. The first-order valence-electron chi connectivity index (χ1n) is 9.61. The standard InChI is InChI=1S/C21H21IN4OS/c22-14-7-8-26-15(12-23-20(26)11-14)9-13-5-6-17-19(10-13)28-21(25-17)24-16-3-1-2-4-18(16)27/h5-8,10-12,16,18,27H,1-4,9H2,(H,24,25)/t16-,18-/m1/s1. The highest BCUT2D eigenvalue weighted by Gasteiger charge is 2.23. The second-order valence-electron chi connectivity index (χ2n) is 7.42. The minimum Gasteiger partial charge on any atom is -0.391 e. The van der Waals surface area contributed by atoms with Crippen LogP contribution in [0, 0.1) is 3.57 Å². The topological polar surface area (TPSA) is 62.5 Å². The van der Waals surface area contributed by atoms with Crippen LogP contribution in [0.1, 0.15) is 36.9 Å². The molecule has 144 valence electrons. The maximum atomic E-state index is 10.2. The summed E-state index contributed by atoms with van der Waals surface area (Å²) in [5.41, 5.74) is 4.42. The number of halogens is 1. The minimum atomic E-state index is -0.269. The molecule has 1 aromatic carbocycles. The molecule has 0 aliphatic heterocycles. The van der Waals surface area contributed by atoms with Gasteiger partial charge in [-0.05, 0) is 65.3 Å². The first-order valence-corrected chi connectivity index (χ1v) is 11.5. The molecule has 5 nitrogen and oxygen atoms in total. The van der Waals surface area contributed by atoms with Crippen LogP contribution in [-0.4, -0.2) is 31.6 Å². The van der Waals surface area contributed by atoms with Crippen molar-refractivity contribution in [3.05, 3.63) is 57.6 Å². The summed E-state index contributed by atoms with van der Waals surface area (Å²) in [5, 5.41) is 14.6. The van der Waals surface area contributed by atoms with Crippen molar-refractivity contribution < 1.29 is 5.11 Å². The fourth-order valence-electron chi connectivity index (χ4n) is 3.93. The zero-order chi connectivity index (χ0) is 19.1. The summed E-state index contributed by atoms with van der Waals surface area (Å²) in [6, 6.07) is 10.8. The molecule has 2 N–H and O–H groups in total. The van der Waals surface area contributed by atoms with Crippen molar-refractivity contribution in [2.75, 3.05) is 5.32 Å². The molecule has 28 heavy (non-hydrogen) atoms. The Labute approximate surface area is 181 Å². The quantitative estimate of drug-likeness (QED) is 0.390. The molecule has 7 heteroatoms. The van der Waals surface area contributed by atoms with E-state index in [-0.39, 0.29) is 12.1 Å². The van der Waals surface area contributed by atoms with Crippen molar-refractivity contribution in [1.82, 2.24) is 14.4 Å². The van der Waals surface area contributed by atoms with Gasteiger partial charge in [-0.25, -0.2) is 9.97 Å². The SMILES string of the molecule is O[C@@H]1CCCC[C@H]1Nc1nc2ccc(Cc3cnc4cc(I)ccn34)cc2s1. The fourth-order valence-corrected chi connectivity index (χ4v) is 5.36. The van der Waals surface area contributed by atoms with E-state index in [9.17, 15) is 5.11 Å². The van der Waals surface area contributed by atoms with Crippen LogP contribution >= 0.6 is 33.9 Å². The van der Waals surface area contributed by atoms with E-state index in [2.05, 4.69) is 73.8 Å². The number of nitrogens with zero attached hydrogens (tertiary/aromatic N) is 3. The fraction of sp³-hybridized carbons (Fsp3) is 0.333. The number of thiazole rings is 1. The van der Waals surface area contributed by atoms with Crippen molar-refractivity contribution in [2.45, 2.75) is 44.2 Å². The van der Waals surface area contributed by atoms with Crippen LogP contribution in [0.15, 0.2) is 42.7 Å². The lowest BCUT2D eigenvalue weighted by atomic mass is 9.93. The molecule has 0 unspecified atom stereocenters. The predicted octanol–water partition coefficient (Wildman–Crippen LogP) is 4.85. The van der Waals surface area contributed by atoms with Crippen LogP contribution in [0.2, 0.25) is 0 Å². The lowest BCUT2D eigenvalue weighted by Crippen LogP contribution is -2.36. The maximum absolute atomic E-state index is 10.2. The Morgan fingerprint density at radius 1 is 1.21 bits per heavy atom. The summed E-state index contributed by atoms with van der Waals surface area (Å²) >= 11 is 3.98. The van der Waals surface area contributed by atoms with E-state index in [4.69, 9.17) is 4.98 Å². The van der Waals surface area contributed by atoms with E-state index in [0.717, 1.165) is 42.0 Å². The van der Waals surface area contributed by atoms with Gasteiger partial charge in [0.15, 0.2) is 5.13 Å². The van der Waals surface area contributed by atoms with Gasteiger partial charge in [-0.1, -0.05) is 30.2 Å². The molecule has 0 radical (unpaired) electrons. The molecular formula is C21H21IN4OS. The molecule has 4 aromatic rings. The normalized spacial score (nSPS) is 20.1. The molecule has 1 aliphatic rings. The zero-order valence-electron chi connectivity index (χ0n) is 15.3. The second-order valence-corrected chi connectivity index (χ2v) is 9.70. The van der Waals surface area contributed by atoms with Gasteiger partial charge in [-0.3, -0.25) is 0 Å². The number of nitrogens with one attached hydrogen (secondary N) is 1. The third-order valence-electron chi connectivity index (χ3n) is 5.43. The molecule has 1 fully saturated rings. The number of anilines is 1. The number of benzene rings is 1. The van der Waals surface area contributed by atoms with Crippen molar-refractivity contribution in [3.63, 3.8) is 0 Å². The molecule has 3 aromatic heterocycles. The van der Waals surface area contributed by atoms with Crippen LogP contribution in [0.5, 0.6) is 0 Å². The molecule has 1 saturated carbocycles. The second kappa shape index (κ2) is 7.61. The van der Waals surface area contributed by atoms with Crippen LogP contribution in [0.25, 0.3) is 15.9 Å². The van der Waals surface area contributed by atoms with E-state index in [0.29, 0.717) is 0 Å². The Kier molecular flexibility index (Phi) is 4.98. The number of pyridine rings is 1. The van der Waals surface area contributed by atoms with Crippen molar-refractivity contribution in [3.8, 4) is 0 Å². The highest BCUT2D eigenvalue weighted by Crippen LogP contribution is 2.30. The Balaban J connectivity index is 1.38. The van der Waals surface area contributed by atoms with Crippen LogP contribution in [-0.2, 0) is 6.42 Å². The van der Waals surface area contributed by atoms with Gasteiger partial charge in [0.25, 0.3) is 0 Å². The number of rotatable bonds is 4. The van der Waals surface area contributed by atoms with E-state index in [1.165, 1.54) is 25.9 Å². The monoisotopic (exact) mass is 504 g/mol. The molecule has 3 heterocycles. The number of hydrogen-bond acceptors (Lipinski definition) is 5. The van der Waals surface area contributed by atoms with Gasteiger partial charge < -0.3 is 14.8 Å². The molecule has 5 rings (SSSR count). The largest absolute Gasteiger partial charge is 0.391 e. The third kappa shape index (κ3) is 3.62. The molecule has 2 atom stereocenters. The van der Waals surface area contributed by atoms with Gasteiger partial charge in [0.2, 0.25) is 0 Å². The summed E-state index contributed by atoms with van der Waals surface area (Å²) in [6.45, 7) is 0. The van der Waals surface area contributed by atoms with Crippen LogP contribution < -0.4 is 5.32 Å². The Morgan fingerprint density at radius 3 is 3.00 bits per heavy atom. The van der Waals surface area contributed by atoms with Gasteiger partial charge in [0.1, 0.15) is 5.65 Å². The first-order chi connectivity index (χ1) is 13.7. The van der Waals surface area contributed by atoms with Crippen LogP contribution in [0.4, 0.5) is 5.13 Å². The van der Waals surface area contributed by atoms with Gasteiger partial charge in [0, 0.05) is 28.1 Å². The lowest BCUT2D eigenvalue weighted by molar-refractivity contribution is 0.116. The van der Waals surface area contributed by atoms with Gasteiger partial charge in [0.05, 0.1) is 22.4 Å². The molecule has 0 bridgehead atoms. The first kappa shape index (κ1) is 18.3. The van der Waals surface area contributed by atoms with Gasteiger partial charge in [-0.2, -0.15) is 0 Å². The number of aliphatic hydroxyl groups is 1. The Morgan fingerprint density at radius 2 is 2.11 bits per heavy atom. The van der Waals surface area contributed by atoms with Crippen molar-refractivity contribution >= 4 is 54.9 Å². The summed E-state index contributed by atoms with van der Waals surface area (Å²) in [5.74, 6) is 0. The van der Waals surface area contributed by atoms with E-state index < -0.39 is 0 Å². The maximum Gasteiger partial charge on any atom is 0.184 e. The third-order valence-corrected chi connectivity index (χ3v) is 7.05. The summed E-state index contributed by atoms with van der Waals surface area (Å²) in [6.07, 6.45) is 8.78. The van der Waals surface area contributed by atoms with Crippen molar-refractivity contribution in [2.24, 2.45) is 0 Å². The molecule has 0 spiro atoms. The molecular weight excluding hydrogens is 483 g/mol. The average molecular weight is 504 g/mol. The number of imidazole rings is 1. The zero-order valence-corrected chi connectivity index (χ0v) is 18.3. The molecule has 1 aliphatic carbocycles. The molecule has 0 saturated heterocycles. The van der Waals surface area contributed by atoms with Crippen LogP contribution in [0.3, 0.4) is 0 Å². The number of fused-ring (bicyclic) bond motifs is 2. The summed E-state index contributed by atoms with van der Waals surface area (Å²) < 4.78 is 4.52. The average Bonchev–Trinajstić information content (AvgIpc) is 3.26. The van der Waals surface area contributed by atoms with Crippen molar-refractivity contribution in [1.29, 1.82) is 0 Å². The highest BCUT2D eigenvalue weighted by atomic mass is 127. The number of aliphatic hydroxyl groups excluding tert-OH is 1.